The van der Waals surface area contributed by atoms with Crippen LogP contribution in [0.2, 0.25) is 0 Å². The molecule has 0 radical (unpaired) electrons. The van der Waals surface area contributed by atoms with E-state index in [-0.39, 0.29) is 17.7 Å². The lowest BCUT2D eigenvalue weighted by atomic mass is 9.97. The molecule has 1 spiro atoms. The van der Waals surface area contributed by atoms with Crippen molar-refractivity contribution in [1.82, 2.24) is 10.2 Å². The summed E-state index contributed by atoms with van der Waals surface area (Å²) in [5.41, 5.74) is -0.228. The van der Waals surface area contributed by atoms with E-state index in [9.17, 15) is 4.79 Å². The summed E-state index contributed by atoms with van der Waals surface area (Å²) in [6.07, 6.45) is 10.8. The van der Waals surface area contributed by atoms with Crippen molar-refractivity contribution >= 4 is 5.91 Å². The molecule has 0 aromatic rings. The van der Waals surface area contributed by atoms with E-state index in [1.165, 1.54) is 38.5 Å². The van der Waals surface area contributed by atoms with Crippen LogP contribution in [-0.4, -0.2) is 42.3 Å². The molecule has 1 saturated heterocycles. The molecule has 4 nitrogen and oxygen atoms in total. The Bertz CT molecular complexity index is 373. The molecule has 120 valence electrons. The van der Waals surface area contributed by atoms with E-state index in [1.807, 2.05) is 0 Å². The minimum Gasteiger partial charge on any atom is -0.385 e. The molecule has 2 unspecified atom stereocenters. The van der Waals surface area contributed by atoms with Crippen LogP contribution in [-0.2, 0) is 9.53 Å². The van der Waals surface area contributed by atoms with Gasteiger partial charge in [0.05, 0.1) is 11.7 Å². The Morgan fingerprint density at radius 3 is 2.57 bits per heavy atom. The monoisotopic (exact) mass is 294 g/mol. The fraction of sp³-hybridized carbons (Fsp3) is 0.941. The van der Waals surface area contributed by atoms with Crippen LogP contribution in [0.4, 0.5) is 0 Å². The van der Waals surface area contributed by atoms with Gasteiger partial charge in [-0.2, -0.15) is 0 Å². The van der Waals surface area contributed by atoms with Crippen molar-refractivity contribution in [3.05, 3.63) is 0 Å². The van der Waals surface area contributed by atoms with Crippen LogP contribution < -0.4 is 5.32 Å². The minimum absolute atomic E-state index is 0.228. The Morgan fingerprint density at radius 1 is 1.29 bits per heavy atom. The summed E-state index contributed by atoms with van der Waals surface area (Å²) >= 11 is 0. The third-order valence-corrected chi connectivity index (χ3v) is 5.89. The third-order valence-electron chi connectivity index (χ3n) is 5.89. The third kappa shape index (κ3) is 2.72. The molecule has 21 heavy (non-hydrogen) atoms. The fourth-order valence-corrected chi connectivity index (χ4v) is 4.64. The molecular formula is C17H30N2O2. The van der Waals surface area contributed by atoms with Gasteiger partial charge in [-0.1, -0.05) is 25.7 Å². The predicted molar refractivity (Wildman–Crippen MR) is 82.9 cm³/mol. The quantitative estimate of drug-likeness (QED) is 0.847. The maximum atomic E-state index is 13.1. The lowest BCUT2D eigenvalue weighted by molar-refractivity contribution is -0.136. The average Bonchev–Trinajstić information content (AvgIpc) is 3.19. The number of hydrogen-bond acceptors (Lipinski definition) is 3. The first-order chi connectivity index (χ1) is 10.2. The molecule has 2 saturated carbocycles. The zero-order valence-corrected chi connectivity index (χ0v) is 13.6. The molecule has 3 fully saturated rings. The van der Waals surface area contributed by atoms with Gasteiger partial charge in [-0.15, -0.1) is 0 Å². The van der Waals surface area contributed by atoms with Crippen molar-refractivity contribution in [2.24, 2.45) is 5.92 Å². The average molecular weight is 294 g/mol. The van der Waals surface area contributed by atoms with Crippen LogP contribution in [0.15, 0.2) is 0 Å². The van der Waals surface area contributed by atoms with Crippen LogP contribution >= 0.6 is 0 Å². The van der Waals surface area contributed by atoms with Crippen molar-refractivity contribution in [1.29, 1.82) is 0 Å². The normalized spacial score (nSPS) is 30.7. The number of carbonyl (C=O) groups excluding carboxylic acids is 1. The van der Waals surface area contributed by atoms with Crippen molar-refractivity contribution in [3.8, 4) is 0 Å². The van der Waals surface area contributed by atoms with Crippen molar-refractivity contribution < 1.29 is 9.53 Å². The summed E-state index contributed by atoms with van der Waals surface area (Å²) in [6, 6.07) is 0.274. The highest BCUT2D eigenvalue weighted by atomic mass is 16.5. The summed E-state index contributed by atoms with van der Waals surface area (Å²) < 4.78 is 5.23. The minimum atomic E-state index is -0.228. The first-order valence-electron chi connectivity index (χ1n) is 8.77. The molecule has 1 heterocycles. The molecule has 0 aromatic carbocycles. The molecule has 0 aromatic heterocycles. The van der Waals surface area contributed by atoms with E-state index < -0.39 is 0 Å². The second-order valence-corrected chi connectivity index (χ2v) is 7.27. The van der Waals surface area contributed by atoms with Gasteiger partial charge in [0.2, 0.25) is 5.91 Å². The van der Waals surface area contributed by atoms with Crippen molar-refractivity contribution in [3.63, 3.8) is 0 Å². The lowest BCUT2D eigenvalue weighted by Gasteiger charge is -2.33. The molecular weight excluding hydrogens is 264 g/mol. The second kappa shape index (κ2) is 6.25. The van der Waals surface area contributed by atoms with Gasteiger partial charge < -0.3 is 9.64 Å². The number of rotatable bonds is 5. The van der Waals surface area contributed by atoms with Gasteiger partial charge in [0.15, 0.2) is 0 Å². The van der Waals surface area contributed by atoms with Crippen LogP contribution in [0.25, 0.3) is 0 Å². The van der Waals surface area contributed by atoms with Gasteiger partial charge in [-0.05, 0) is 44.9 Å². The van der Waals surface area contributed by atoms with Crippen molar-refractivity contribution in [2.75, 3.05) is 13.7 Å². The zero-order valence-electron chi connectivity index (χ0n) is 13.6. The van der Waals surface area contributed by atoms with E-state index in [4.69, 9.17) is 4.74 Å². The molecule has 1 aliphatic heterocycles. The second-order valence-electron chi connectivity index (χ2n) is 7.27. The number of nitrogens with zero attached hydrogens (tertiary/aromatic N) is 1. The Kier molecular flexibility index (Phi) is 4.55. The van der Waals surface area contributed by atoms with E-state index in [2.05, 4.69) is 17.1 Å². The van der Waals surface area contributed by atoms with E-state index in [1.54, 1.807) is 7.11 Å². The maximum Gasteiger partial charge on any atom is 0.244 e. The fourth-order valence-electron chi connectivity index (χ4n) is 4.64. The number of methoxy groups -OCH3 is 1. The van der Waals surface area contributed by atoms with Gasteiger partial charge in [-0.3, -0.25) is 10.1 Å². The molecule has 4 heteroatoms. The first kappa shape index (κ1) is 15.3. The highest BCUT2D eigenvalue weighted by Gasteiger charge is 2.55. The van der Waals surface area contributed by atoms with Crippen LogP contribution in [0, 0.1) is 5.92 Å². The van der Waals surface area contributed by atoms with E-state index in [0.717, 1.165) is 25.9 Å². The van der Waals surface area contributed by atoms with Gasteiger partial charge in [0, 0.05) is 19.8 Å². The lowest BCUT2D eigenvalue weighted by Crippen LogP contribution is -2.47. The van der Waals surface area contributed by atoms with Crippen LogP contribution in [0.1, 0.15) is 64.7 Å². The molecule has 2 aliphatic carbocycles. The Morgan fingerprint density at radius 2 is 1.95 bits per heavy atom. The smallest absolute Gasteiger partial charge is 0.244 e. The predicted octanol–water partition coefficient (Wildman–Crippen LogP) is 2.67. The molecule has 0 bridgehead atoms. The highest BCUT2D eigenvalue weighted by molar-refractivity contribution is 5.89. The summed E-state index contributed by atoms with van der Waals surface area (Å²) in [7, 11) is 1.74. The summed E-state index contributed by atoms with van der Waals surface area (Å²) in [4.78, 5) is 15.3. The maximum absolute atomic E-state index is 13.1. The number of hydrogen-bond donors (Lipinski definition) is 1. The van der Waals surface area contributed by atoms with E-state index >= 15 is 0 Å². The summed E-state index contributed by atoms with van der Waals surface area (Å²) in [5.74, 6) is 1.03. The van der Waals surface area contributed by atoms with Gasteiger partial charge >= 0.3 is 0 Å². The summed E-state index contributed by atoms with van der Waals surface area (Å²) in [5, 5.41) is 3.80. The van der Waals surface area contributed by atoms with Crippen molar-refractivity contribution in [2.45, 2.75) is 82.5 Å². The number of amides is 1. The van der Waals surface area contributed by atoms with E-state index in [0.29, 0.717) is 11.8 Å². The number of nitrogens with one attached hydrogen (secondary N) is 1. The molecule has 3 aliphatic rings. The zero-order chi connectivity index (χ0) is 14.9. The molecule has 1 amide bonds. The SMILES string of the molecule is COCCC(C)N1C(=O)C2(CCCC2)NC1C1CCCC1. The highest BCUT2D eigenvalue weighted by Crippen LogP contribution is 2.42. The molecule has 2 atom stereocenters. The number of carbonyl (C=O) groups is 1. The number of ether oxygens (including phenoxy) is 1. The van der Waals surface area contributed by atoms with Gasteiger partial charge in [0.1, 0.15) is 0 Å². The summed E-state index contributed by atoms with van der Waals surface area (Å²) in [6.45, 7) is 2.92. The Balaban J connectivity index is 1.79. The Labute approximate surface area is 128 Å². The largest absolute Gasteiger partial charge is 0.385 e. The topological polar surface area (TPSA) is 41.6 Å². The van der Waals surface area contributed by atoms with Crippen LogP contribution in [0.3, 0.4) is 0 Å². The van der Waals surface area contributed by atoms with Gasteiger partial charge in [-0.25, -0.2) is 0 Å². The van der Waals surface area contributed by atoms with Gasteiger partial charge in [0.25, 0.3) is 0 Å². The standard InChI is InChI=1S/C17H30N2O2/c1-13(9-12-21-2)19-15(14-7-3-4-8-14)18-17(16(19)20)10-5-6-11-17/h13-15,18H,3-12H2,1-2H3. The Hall–Kier alpha value is -0.610. The molecule has 3 rings (SSSR count). The molecule has 1 N–H and O–H groups in total. The van der Waals surface area contributed by atoms with Crippen LogP contribution in [0.5, 0.6) is 0 Å². The first-order valence-corrected chi connectivity index (χ1v) is 8.77.